The smallest absolute Gasteiger partial charge is 0.295 e. The minimum atomic E-state index is -0.791. The van der Waals surface area contributed by atoms with Crippen molar-refractivity contribution in [3.63, 3.8) is 0 Å². The molecule has 1 unspecified atom stereocenters. The number of morpholine rings is 1. The van der Waals surface area contributed by atoms with Gasteiger partial charge in [0.25, 0.3) is 11.7 Å². The van der Waals surface area contributed by atoms with E-state index in [0.717, 1.165) is 30.8 Å². The first-order valence-electron chi connectivity index (χ1n) is 13.3. The van der Waals surface area contributed by atoms with E-state index in [4.69, 9.17) is 13.9 Å². The van der Waals surface area contributed by atoms with Crippen LogP contribution < -0.4 is 4.74 Å². The molecule has 1 N–H and O–H groups in total. The van der Waals surface area contributed by atoms with Crippen LogP contribution in [0, 0.1) is 13.8 Å². The monoisotopic (exact) mass is 530 g/mol. The van der Waals surface area contributed by atoms with E-state index in [1.807, 2.05) is 32.0 Å². The van der Waals surface area contributed by atoms with E-state index in [2.05, 4.69) is 11.0 Å². The number of Topliss-reactive ketones (excluding diaryl/α,β-unsaturated/α-hetero) is 1. The molecule has 0 aliphatic carbocycles. The summed E-state index contributed by atoms with van der Waals surface area (Å²) in [6.07, 6.45) is 0.691. The zero-order valence-corrected chi connectivity index (χ0v) is 22.4. The molecular formula is C31H34N2O6. The summed E-state index contributed by atoms with van der Waals surface area (Å²) in [5.74, 6) is 0.188. The summed E-state index contributed by atoms with van der Waals surface area (Å²) < 4.78 is 17.2. The number of aryl methyl sites for hydroxylation is 2. The molecule has 0 radical (unpaired) electrons. The van der Waals surface area contributed by atoms with Crippen molar-refractivity contribution in [3.05, 3.63) is 94.4 Å². The molecule has 5 rings (SSSR count). The number of ketones is 1. The molecule has 2 aromatic carbocycles. The first kappa shape index (κ1) is 26.7. The van der Waals surface area contributed by atoms with Crippen LogP contribution in [0.15, 0.2) is 70.7 Å². The standard InChI is InChI=1S/C31H34N2O6/c1-21-5-3-6-23(19-21)20-38-25-10-8-24(9-11-25)29(34)27-28(26-12-7-22(2)39-26)33(31(36)30(27)35)14-4-13-32-15-17-37-18-16-32/h3,5-12,19,28,34H,4,13-18,20H2,1-2H3. The van der Waals surface area contributed by atoms with Crippen LogP contribution in [0.2, 0.25) is 0 Å². The van der Waals surface area contributed by atoms with E-state index < -0.39 is 17.7 Å². The highest BCUT2D eigenvalue weighted by Crippen LogP contribution is 2.40. The highest BCUT2D eigenvalue weighted by Gasteiger charge is 2.47. The molecule has 1 atom stereocenters. The number of rotatable bonds is 9. The molecule has 8 nitrogen and oxygen atoms in total. The second-order valence-electron chi connectivity index (χ2n) is 10.1. The molecule has 8 heteroatoms. The molecule has 1 amide bonds. The average Bonchev–Trinajstić information content (AvgIpc) is 3.48. The molecule has 2 aliphatic rings. The Morgan fingerprint density at radius 3 is 2.46 bits per heavy atom. The lowest BCUT2D eigenvalue weighted by Gasteiger charge is -2.28. The summed E-state index contributed by atoms with van der Waals surface area (Å²) in [5, 5.41) is 11.3. The van der Waals surface area contributed by atoms with Gasteiger partial charge in [-0.05, 0) is 62.2 Å². The molecule has 39 heavy (non-hydrogen) atoms. The van der Waals surface area contributed by atoms with Gasteiger partial charge in [0.15, 0.2) is 0 Å². The van der Waals surface area contributed by atoms with Gasteiger partial charge in [-0.25, -0.2) is 0 Å². The molecule has 204 valence electrons. The number of nitrogens with zero attached hydrogens (tertiary/aromatic N) is 2. The maximum Gasteiger partial charge on any atom is 0.295 e. The quantitative estimate of drug-likeness (QED) is 0.245. The van der Waals surface area contributed by atoms with Crippen LogP contribution in [0.3, 0.4) is 0 Å². The highest BCUT2D eigenvalue weighted by molar-refractivity contribution is 6.46. The summed E-state index contributed by atoms with van der Waals surface area (Å²) in [6, 6.07) is 17.7. The predicted octanol–water partition coefficient (Wildman–Crippen LogP) is 4.62. The first-order valence-corrected chi connectivity index (χ1v) is 13.3. The molecule has 2 aliphatic heterocycles. The Bertz CT molecular complexity index is 1350. The SMILES string of the molecule is Cc1cccc(COc2ccc(C(O)=C3C(=O)C(=O)N(CCCN4CCOCC4)C3c3ccc(C)o3)cc2)c1. The number of carbonyl (C=O) groups excluding carboxylic acids is 2. The van der Waals surface area contributed by atoms with Gasteiger partial charge in [-0.2, -0.15) is 0 Å². The van der Waals surface area contributed by atoms with Gasteiger partial charge >= 0.3 is 0 Å². The van der Waals surface area contributed by atoms with Crippen molar-refractivity contribution in [3.8, 4) is 5.75 Å². The zero-order valence-electron chi connectivity index (χ0n) is 22.4. The minimum absolute atomic E-state index is 0.0363. The van der Waals surface area contributed by atoms with Crippen molar-refractivity contribution in [2.75, 3.05) is 39.4 Å². The van der Waals surface area contributed by atoms with Crippen LogP contribution in [0.5, 0.6) is 5.75 Å². The lowest BCUT2D eigenvalue weighted by Crippen LogP contribution is -2.38. The third kappa shape index (κ3) is 6.08. The van der Waals surface area contributed by atoms with Gasteiger partial charge in [0.2, 0.25) is 0 Å². The second-order valence-corrected chi connectivity index (χ2v) is 10.1. The van der Waals surface area contributed by atoms with E-state index in [-0.39, 0.29) is 11.3 Å². The van der Waals surface area contributed by atoms with Crippen molar-refractivity contribution in [1.29, 1.82) is 0 Å². The number of amides is 1. The summed E-state index contributed by atoms with van der Waals surface area (Å²) >= 11 is 0. The number of benzene rings is 2. The normalized spacial score (nSPS) is 19.5. The number of carbonyl (C=O) groups is 2. The van der Waals surface area contributed by atoms with Gasteiger partial charge in [-0.15, -0.1) is 0 Å². The van der Waals surface area contributed by atoms with Crippen LogP contribution in [-0.2, 0) is 20.9 Å². The van der Waals surface area contributed by atoms with Crippen LogP contribution in [-0.4, -0.2) is 66.0 Å². The maximum absolute atomic E-state index is 13.2. The Hall–Kier alpha value is -3.88. The number of aliphatic hydroxyl groups excluding tert-OH is 1. The van der Waals surface area contributed by atoms with E-state index in [0.29, 0.717) is 55.6 Å². The van der Waals surface area contributed by atoms with E-state index >= 15 is 0 Å². The summed E-state index contributed by atoms with van der Waals surface area (Å²) in [6.45, 7) is 8.53. The molecular weight excluding hydrogens is 496 g/mol. The van der Waals surface area contributed by atoms with Gasteiger partial charge in [0, 0.05) is 31.7 Å². The topological polar surface area (TPSA) is 92.5 Å². The number of hydrogen-bond acceptors (Lipinski definition) is 7. The van der Waals surface area contributed by atoms with E-state index in [1.54, 1.807) is 36.4 Å². The van der Waals surface area contributed by atoms with Crippen LogP contribution in [0.4, 0.5) is 0 Å². The molecule has 0 spiro atoms. The lowest BCUT2D eigenvalue weighted by atomic mass is 9.99. The van der Waals surface area contributed by atoms with E-state index in [1.165, 1.54) is 4.90 Å². The lowest BCUT2D eigenvalue weighted by molar-refractivity contribution is -0.140. The summed E-state index contributed by atoms with van der Waals surface area (Å²) in [7, 11) is 0. The fraction of sp³-hybridized carbons (Fsp3) is 0.355. The fourth-order valence-electron chi connectivity index (χ4n) is 5.13. The number of ether oxygens (including phenoxy) is 2. The van der Waals surface area contributed by atoms with Gasteiger partial charge < -0.3 is 23.9 Å². The molecule has 2 fully saturated rings. The molecule has 0 bridgehead atoms. The van der Waals surface area contributed by atoms with Crippen LogP contribution in [0.1, 0.15) is 40.7 Å². The van der Waals surface area contributed by atoms with Crippen molar-refractivity contribution >= 4 is 17.4 Å². The minimum Gasteiger partial charge on any atom is -0.507 e. The molecule has 1 aromatic heterocycles. The average molecular weight is 531 g/mol. The van der Waals surface area contributed by atoms with E-state index in [9.17, 15) is 14.7 Å². The van der Waals surface area contributed by atoms with Crippen molar-refractivity contribution in [2.24, 2.45) is 0 Å². The third-order valence-corrected chi connectivity index (χ3v) is 7.16. The molecule has 3 aromatic rings. The number of likely N-dealkylation sites (tertiary alicyclic amines) is 1. The van der Waals surface area contributed by atoms with Gasteiger partial charge in [0.1, 0.15) is 35.7 Å². The van der Waals surface area contributed by atoms with Gasteiger partial charge in [-0.3, -0.25) is 14.5 Å². The van der Waals surface area contributed by atoms with Gasteiger partial charge in [0.05, 0.1) is 18.8 Å². The second kappa shape index (κ2) is 11.9. The Morgan fingerprint density at radius 2 is 1.77 bits per heavy atom. The maximum atomic E-state index is 13.2. The fourth-order valence-corrected chi connectivity index (χ4v) is 5.13. The Balaban J connectivity index is 1.36. The predicted molar refractivity (Wildman–Crippen MR) is 146 cm³/mol. The summed E-state index contributed by atoms with van der Waals surface area (Å²) in [4.78, 5) is 30.2. The Kier molecular flexibility index (Phi) is 8.14. The third-order valence-electron chi connectivity index (χ3n) is 7.16. The molecule has 2 saturated heterocycles. The number of aliphatic hydroxyl groups is 1. The first-order chi connectivity index (χ1) is 18.9. The number of furan rings is 1. The van der Waals surface area contributed by atoms with Crippen LogP contribution >= 0.6 is 0 Å². The van der Waals surface area contributed by atoms with Crippen molar-refractivity contribution in [2.45, 2.75) is 32.9 Å². The van der Waals surface area contributed by atoms with Crippen molar-refractivity contribution in [1.82, 2.24) is 9.80 Å². The highest BCUT2D eigenvalue weighted by atomic mass is 16.5. The number of hydrogen-bond donors (Lipinski definition) is 1. The van der Waals surface area contributed by atoms with Crippen LogP contribution in [0.25, 0.3) is 5.76 Å². The van der Waals surface area contributed by atoms with Crippen molar-refractivity contribution < 1.29 is 28.6 Å². The van der Waals surface area contributed by atoms with Gasteiger partial charge in [-0.1, -0.05) is 29.8 Å². The summed E-state index contributed by atoms with van der Waals surface area (Å²) in [5.41, 5.74) is 2.69. The largest absolute Gasteiger partial charge is 0.507 e. The molecule has 3 heterocycles. The Morgan fingerprint density at radius 1 is 1.00 bits per heavy atom. The zero-order chi connectivity index (χ0) is 27.4. The molecule has 0 saturated carbocycles. The Labute approximate surface area is 228 Å².